The molecule has 0 amide bonds. The molecule has 0 saturated carbocycles. The summed E-state index contributed by atoms with van der Waals surface area (Å²) in [6.45, 7) is 57.2. The van der Waals surface area contributed by atoms with Gasteiger partial charge in [-0.15, -0.1) is 0 Å². The van der Waals surface area contributed by atoms with Gasteiger partial charge >= 0.3 is 33.5 Å². The molecule has 1 atom stereocenters. The van der Waals surface area contributed by atoms with E-state index in [1.165, 1.54) is 128 Å². The van der Waals surface area contributed by atoms with Crippen molar-refractivity contribution in [2.45, 2.75) is 187 Å². The third-order valence-electron chi connectivity index (χ3n) is 27.2. The van der Waals surface area contributed by atoms with Gasteiger partial charge in [-0.25, -0.2) is 0 Å². The highest BCUT2D eigenvalue weighted by atomic mass is 31.2. The van der Waals surface area contributed by atoms with Crippen LogP contribution in [0.15, 0.2) is 315 Å². The van der Waals surface area contributed by atoms with Crippen molar-refractivity contribution < 1.29 is 40.7 Å². The molecule has 0 radical (unpaired) electrons. The minimum atomic E-state index is -1.47. The molecule has 9 nitrogen and oxygen atoms in total. The van der Waals surface area contributed by atoms with Crippen molar-refractivity contribution in [3.05, 3.63) is 466 Å². The Labute approximate surface area is 857 Å². The lowest BCUT2D eigenvalue weighted by atomic mass is 10.1. The van der Waals surface area contributed by atoms with Gasteiger partial charge in [-0.2, -0.15) is 0 Å². The van der Waals surface area contributed by atoms with E-state index in [1.54, 1.807) is 0 Å². The average molecular weight is 1980 g/mol. The van der Waals surface area contributed by atoms with Crippen molar-refractivity contribution in [2.24, 2.45) is 0 Å². The molecular weight excluding hydrogens is 1850 g/mol. The Morgan fingerprint density at radius 1 is 0.112 bits per heavy atom. The zero-order valence-corrected chi connectivity index (χ0v) is 92.4. The van der Waals surface area contributed by atoms with E-state index in [0.29, 0.717) is 0 Å². The van der Waals surface area contributed by atoms with Crippen LogP contribution in [0.3, 0.4) is 0 Å². The van der Waals surface area contributed by atoms with Crippen molar-refractivity contribution in [3.8, 4) is 96.3 Å². The number of benzene rings is 17. The quantitative estimate of drug-likeness (QED) is 0.0445. The highest BCUT2D eigenvalue weighted by molar-refractivity contribution is 7.69. The van der Waals surface area contributed by atoms with Crippen LogP contribution in [0, 0.1) is 187 Å². The smallest absolute Gasteiger partial charge is 0.326 e. The Morgan fingerprint density at radius 2 is 0.231 bits per heavy atom. The van der Waals surface area contributed by atoms with E-state index in [-0.39, 0.29) is 0 Å². The van der Waals surface area contributed by atoms with Gasteiger partial charge in [-0.1, -0.05) is 212 Å². The summed E-state index contributed by atoms with van der Waals surface area (Å²) in [6.07, 6.45) is 0. The summed E-state index contributed by atoms with van der Waals surface area (Å²) in [5.74, 6) is 7.76. The predicted molar refractivity (Wildman–Crippen MR) is 611 cm³/mol. The fraction of sp³-hybridized carbons (Fsp3) is 0.209. The van der Waals surface area contributed by atoms with Crippen LogP contribution in [0.4, 0.5) is 0 Å². The first-order valence-corrected chi connectivity index (χ1v) is 54.9. The number of aryl methyl sites for hydroxylation is 27. The van der Waals surface area contributed by atoms with E-state index >= 15 is 0 Å². The first-order valence-electron chi connectivity index (χ1n) is 49.0. The summed E-state index contributed by atoms with van der Waals surface area (Å²) in [6, 6.07) is 112. The van der Waals surface area contributed by atoms with Gasteiger partial charge in [0, 0.05) is 10.6 Å². The van der Waals surface area contributed by atoms with Crippen LogP contribution in [0.5, 0.6) is 51.7 Å². The van der Waals surface area contributed by atoms with Crippen molar-refractivity contribution in [3.63, 3.8) is 0 Å². The molecule has 143 heavy (non-hydrogen) atoms. The maximum Gasteiger partial charge on any atom is 0.326 e. The molecule has 0 spiro atoms. The lowest BCUT2D eigenvalue weighted by Gasteiger charge is -2.23. The molecule has 0 heterocycles. The maximum atomic E-state index is 6.97. The molecule has 0 aliphatic carbocycles. The second-order valence-corrected chi connectivity index (χ2v) is 45.9. The van der Waals surface area contributed by atoms with Crippen LogP contribution in [0.1, 0.15) is 150 Å². The molecule has 1 unspecified atom stereocenters. The Bertz CT molecular complexity index is 7010. The second kappa shape index (κ2) is 46.6. The molecular formula is C129H133O9P5. The molecule has 0 aromatic heterocycles. The minimum Gasteiger partial charge on any atom is -0.464 e. The molecule has 17 rings (SSSR count). The molecule has 0 bridgehead atoms. The fourth-order valence-corrected chi connectivity index (χ4v) is 24.1. The number of hydrogen-bond donors (Lipinski definition) is 0. The second-order valence-electron chi connectivity index (χ2n) is 38.5. The SMILES string of the molecule is Cc1cc(C)c(OP(Oc2cc(C)c(C)cc2C)c2ccc(-c3ccc(P(Oc4cc(C)c(C)cc4C)Oc4cc(C)c(C)cc4C)cc3)cc2)cc1C.Cc1cc(C)c(OP(Oc2cc(C)c(C)cc2C)c2ccc(-c3ccc(P(Oc4cc(C)c(C)cc4C)c4ccc(-c5ccccc5)cc4)cc3)cc2)cc1C.Cc1cc(C)c(OP(Oc2cc(C)c(C)cc2C)c2ccc(-c3ccccc3)cc2)cc1C. The summed E-state index contributed by atoms with van der Waals surface area (Å²) in [5, 5.41) is 6.37. The summed E-state index contributed by atoms with van der Waals surface area (Å²) in [5.41, 5.74) is 41.3. The lowest BCUT2D eigenvalue weighted by molar-refractivity contribution is 0.496. The third kappa shape index (κ3) is 26.0. The Balaban J connectivity index is 0.000000167. The van der Waals surface area contributed by atoms with Crippen LogP contribution in [0.2, 0.25) is 0 Å². The topological polar surface area (TPSA) is 83.1 Å². The summed E-state index contributed by atoms with van der Waals surface area (Å²) >= 11 is 0. The van der Waals surface area contributed by atoms with Gasteiger partial charge in [-0.3, -0.25) is 0 Å². The van der Waals surface area contributed by atoms with Crippen LogP contribution < -0.4 is 72.5 Å². The van der Waals surface area contributed by atoms with Crippen LogP contribution in [-0.2, 0) is 0 Å². The minimum absolute atomic E-state index is 0.846. The zero-order chi connectivity index (χ0) is 102. The molecule has 17 aromatic rings. The van der Waals surface area contributed by atoms with E-state index in [0.717, 1.165) is 151 Å². The standard InChI is InChI=1S/C51H50O3P2.C48H52O4P2.C30H31O2P/c1-33-27-39(7)49(30-36(33)4)52-55(46-21-15-43(16-22-46)42-13-11-10-12-14-42)47-23-17-44(18-24-47)45-19-25-48(26-20-45)56(53-50-31-37(5)34(2)28-40(50)8)54-51-32-38(6)35(3)29-41(51)9;1-29-21-37(9)45(25-33(29)5)49-53(50-46-26-34(6)30(2)22-38(46)10)43-17-13-41(14-18-43)42-15-19-44(20-16-42)54(51-47-27-35(7)31(3)23-39(47)11)52-48-28-36(8)32(4)24-40(48)12;1-20-16-24(5)29(18-22(20)3)31-33(32-30-19-23(4)21(2)17-25(30)6)28-14-12-27(13-15-28)26-10-8-7-9-11-26/h10-32H,1-9H3;13-28H,1-12H3;7-19H,1-6H3. The van der Waals surface area contributed by atoms with Crippen molar-refractivity contribution in [1.82, 2.24) is 0 Å². The first kappa shape index (κ1) is 104. The Hall–Kier alpha value is -12.9. The van der Waals surface area contributed by atoms with Crippen LogP contribution in [-0.4, -0.2) is 0 Å². The molecule has 17 aromatic carbocycles. The molecule has 728 valence electrons. The van der Waals surface area contributed by atoms with Gasteiger partial charge in [0.25, 0.3) is 0 Å². The van der Waals surface area contributed by atoms with Crippen LogP contribution >= 0.6 is 41.7 Å². The van der Waals surface area contributed by atoms with Gasteiger partial charge in [0.05, 0.1) is 21.2 Å². The monoisotopic (exact) mass is 1980 g/mol. The fourth-order valence-electron chi connectivity index (χ4n) is 16.8. The number of hydrogen-bond acceptors (Lipinski definition) is 9. The van der Waals surface area contributed by atoms with Crippen molar-refractivity contribution >= 4 is 73.5 Å². The Morgan fingerprint density at radius 3 is 0.378 bits per heavy atom. The molecule has 0 aliphatic rings. The third-order valence-corrected chi connectivity index (χ3v) is 34.9. The summed E-state index contributed by atoms with van der Waals surface area (Å²) in [7, 11) is -6.92. The van der Waals surface area contributed by atoms with Crippen molar-refractivity contribution in [1.29, 1.82) is 0 Å². The van der Waals surface area contributed by atoms with Gasteiger partial charge in [0.1, 0.15) is 51.7 Å². The lowest BCUT2D eigenvalue weighted by Crippen LogP contribution is -2.16. The van der Waals surface area contributed by atoms with Gasteiger partial charge in [-0.05, 0) is 485 Å². The largest absolute Gasteiger partial charge is 0.464 e. The molecule has 0 aliphatic heterocycles. The average Bonchev–Trinajstić information content (AvgIpc) is 0.798. The van der Waals surface area contributed by atoms with E-state index in [4.69, 9.17) is 40.7 Å². The van der Waals surface area contributed by atoms with E-state index in [9.17, 15) is 0 Å². The molecule has 14 heteroatoms. The van der Waals surface area contributed by atoms with E-state index < -0.39 is 41.7 Å². The normalized spacial score (nSPS) is 11.4. The van der Waals surface area contributed by atoms with Crippen LogP contribution in [0.25, 0.3) is 44.5 Å². The van der Waals surface area contributed by atoms with E-state index in [1.807, 2.05) is 6.07 Å². The van der Waals surface area contributed by atoms with Crippen molar-refractivity contribution in [2.75, 3.05) is 0 Å². The molecule has 0 fully saturated rings. The zero-order valence-electron chi connectivity index (χ0n) is 87.9. The number of rotatable bonds is 28. The molecule has 0 saturated heterocycles. The van der Waals surface area contributed by atoms with Gasteiger partial charge in [0.15, 0.2) is 8.15 Å². The van der Waals surface area contributed by atoms with E-state index in [2.05, 4.69) is 496 Å². The summed E-state index contributed by atoms with van der Waals surface area (Å²) < 4.78 is 60.6. The Kier molecular flexibility index (Phi) is 34.1. The predicted octanol–water partition coefficient (Wildman–Crippen LogP) is 34.9. The highest BCUT2D eigenvalue weighted by Gasteiger charge is 2.29. The molecule has 0 N–H and O–H groups in total. The summed E-state index contributed by atoms with van der Waals surface area (Å²) in [4.78, 5) is 0. The maximum absolute atomic E-state index is 6.97. The first-order chi connectivity index (χ1) is 68.4. The van der Waals surface area contributed by atoms with Gasteiger partial charge < -0.3 is 40.7 Å². The highest BCUT2D eigenvalue weighted by Crippen LogP contribution is 2.50. The van der Waals surface area contributed by atoms with Gasteiger partial charge in [0.2, 0.25) is 0 Å².